The summed E-state index contributed by atoms with van der Waals surface area (Å²) in [6.45, 7) is 1.86. The molecule has 3 rings (SSSR count). The largest absolute Gasteiger partial charge is 0.464 e. The van der Waals surface area contributed by atoms with E-state index >= 15 is 0 Å². The minimum absolute atomic E-state index is 0.0786. The van der Waals surface area contributed by atoms with E-state index < -0.39 is 33.8 Å². The number of primary sulfonamides is 1. The zero-order valence-electron chi connectivity index (χ0n) is 18.5. The second kappa shape index (κ2) is 10.9. The first kappa shape index (κ1) is 24.9. The van der Waals surface area contributed by atoms with Crippen molar-refractivity contribution in [3.63, 3.8) is 0 Å². The summed E-state index contributed by atoms with van der Waals surface area (Å²) in [5.41, 5.74) is 2.14. The van der Waals surface area contributed by atoms with Crippen molar-refractivity contribution >= 4 is 44.4 Å². The molecule has 0 saturated carbocycles. The van der Waals surface area contributed by atoms with Crippen molar-refractivity contribution in [3.05, 3.63) is 60.3 Å². The fourth-order valence-electron chi connectivity index (χ4n) is 3.40. The van der Waals surface area contributed by atoms with Gasteiger partial charge in [-0.05, 0) is 42.8 Å². The van der Waals surface area contributed by atoms with Crippen molar-refractivity contribution in [2.45, 2.75) is 37.1 Å². The number of sulfonamides is 1. The van der Waals surface area contributed by atoms with Gasteiger partial charge in [-0.3, -0.25) is 9.59 Å². The van der Waals surface area contributed by atoms with E-state index in [1.807, 2.05) is 24.3 Å². The average molecular weight is 487 g/mol. The normalized spacial score (nSPS) is 12.2. The van der Waals surface area contributed by atoms with Crippen LogP contribution in [0.25, 0.3) is 10.9 Å². The van der Waals surface area contributed by atoms with Gasteiger partial charge in [-0.1, -0.05) is 18.2 Å². The van der Waals surface area contributed by atoms with Gasteiger partial charge in [0.1, 0.15) is 6.04 Å². The van der Waals surface area contributed by atoms with Gasteiger partial charge in [-0.2, -0.15) is 0 Å². The molecule has 0 spiro atoms. The number of aromatic amines is 1. The van der Waals surface area contributed by atoms with Crippen molar-refractivity contribution in [1.29, 1.82) is 0 Å². The molecular formula is C23H26N4O6S. The Hall–Kier alpha value is -3.70. The highest BCUT2D eigenvalue weighted by Gasteiger charge is 2.24. The molecule has 11 heteroatoms. The van der Waals surface area contributed by atoms with Crippen LogP contribution in [0.1, 0.15) is 25.3 Å². The van der Waals surface area contributed by atoms with Crippen molar-refractivity contribution in [2.75, 3.05) is 11.9 Å². The third-order valence-corrected chi connectivity index (χ3v) is 5.98. The van der Waals surface area contributed by atoms with Crippen LogP contribution in [0.15, 0.2) is 59.6 Å². The predicted molar refractivity (Wildman–Crippen MR) is 126 cm³/mol. The third-order valence-electron chi connectivity index (χ3n) is 5.05. The lowest BCUT2D eigenvalue weighted by molar-refractivity contribution is -0.147. The number of H-pyrrole nitrogens is 1. The number of nitrogens with two attached hydrogens (primary N) is 1. The number of hydrogen-bond acceptors (Lipinski definition) is 6. The smallest absolute Gasteiger partial charge is 0.328 e. The highest BCUT2D eigenvalue weighted by Crippen LogP contribution is 2.19. The minimum atomic E-state index is -3.83. The molecule has 5 N–H and O–H groups in total. The summed E-state index contributed by atoms with van der Waals surface area (Å²) in [5, 5.41) is 11.2. The second-order valence-corrected chi connectivity index (χ2v) is 9.11. The van der Waals surface area contributed by atoms with Crippen LogP contribution in [0.2, 0.25) is 0 Å². The number of aromatic nitrogens is 1. The topological polar surface area (TPSA) is 160 Å². The standard InChI is InChI=1S/C23H26N4O6S/c1-2-33-23(30)20(13-15-14-25-19-6-4-3-5-18(15)19)27-22(29)12-11-21(28)26-16-7-9-17(10-8-16)34(24,31)32/h3-10,14,20,25H,2,11-13H2,1H3,(H,26,28)(H,27,29)(H2,24,31,32)/t20-/m1/s1. The van der Waals surface area contributed by atoms with E-state index in [9.17, 15) is 22.8 Å². The summed E-state index contributed by atoms with van der Waals surface area (Å²) in [4.78, 5) is 40.2. The van der Waals surface area contributed by atoms with Gasteiger partial charge in [-0.15, -0.1) is 0 Å². The SMILES string of the molecule is CCOC(=O)[C@@H](Cc1c[nH]c2ccccc12)NC(=O)CCC(=O)Nc1ccc(S(N)(=O)=O)cc1. The number of hydrogen-bond donors (Lipinski definition) is 4. The molecule has 0 aliphatic rings. The number of rotatable bonds is 10. The van der Waals surface area contributed by atoms with Gasteiger partial charge < -0.3 is 20.4 Å². The highest BCUT2D eigenvalue weighted by molar-refractivity contribution is 7.89. The zero-order valence-corrected chi connectivity index (χ0v) is 19.4. The third kappa shape index (κ3) is 6.65. The van der Waals surface area contributed by atoms with Gasteiger partial charge in [0.05, 0.1) is 11.5 Å². The Bertz CT molecular complexity index is 1280. The quantitative estimate of drug-likeness (QED) is 0.320. The van der Waals surface area contributed by atoms with E-state index in [4.69, 9.17) is 9.88 Å². The first-order valence-electron chi connectivity index (χ1n) is 10.6. The molecule has 3 aromatic rings. The Morgan fingerprint density at radius 2 is 1.71 bits per heavy atom. The molecule has 0 unspecified atom stereocenters. The van der Waals surface area contributed by atoms with Gasteiger partial charge in [0, 0.05) is 42.0 Å². The van der Waals surface area contributed by atoms with Gasteiger partial charge in [0.25, 0.3) is 0 Å². The number of para-hydroxylation sites is 1. The van der Waals surface area contributed by atoms with E-state index in [0.717, 1.165) is 16.5 Å². The van der Waals surface area contributed by atoms with Crippen LogP contribution < -0.4 is 15.8 Å². The number of anilines is 1. The second-order valence-electron chi connectivity index (χ2n) is 7.55. The molecule has 1 atom stereocenters. The van der Waals surface area contributed by atoms with Crippen LogP contribution in [-0.2, 0) is 35.6 Å². The molecule has 180 valence electrons. The summed E-state index contributed by atoms with van der Waals surface area (Å²) in [6.07, 6.45) is 1.74. The van der Waals surface area contributed by atoms with Crippen molar-refractivity contribution in [2.24, 2.45) is 5.14 Å². The summed E-state index contributed by atoms with van der Waals surface area (Å²) >= 11 is 0. The van der Waals surface area contributed by atoms with Gasteiger partial charge in [0.15, 0.2) is 0 Å². The Balaban J connectivity index is 1.57. The van der Waals surface area contributed by atoms with Crippen LogP contribution in [0.3, 0.4) is 0 Å². The minimum Gasteiger partial charge on any atom is -0.464 e. The van der Waals surface area contributed by atoms with Crippen LogP contribution in [0.4, 0.5) is 5.69 Å². The van der Waals surface area contributed by atoms with Gasteiger partial charge in [-0.25, -0.2) is 18.4 Å². The first-order chi connectivity index (χ1) is 16.2. The maximum atomic E-state index is 12.5. The number of fused-ring (bicyclic) bond motifs is 1. The van der Waals surface area contributed by atoms with Crippen molar-refractivity contribution < 1.29 is 27.5 Å². The van der Waals surface area contributed by atoms with Crippen LogP contribution in [0.5, 0.6) is 0 Å². The number of esters is 1. The molecule has 1 heterocycles. The van der Waals surface area contributed by atoms with Gasteiger partial charge >= 0.3 is 5.97 Å². The number of carbonyl (C=O) groups is 3. The molecule has 34 heavy (non-hydrogen) atoms. The number of ether oxygens (including phenoxy) is 1. The van der Waals surface area contributed by atoms with Crippen molar-refractivity contribution in [1.82, 2.24) is 10.3 Å². The summed E-state index contributed by atoms with van der Waals surface area (Å²) in [5.74, 6) is -1.47. The lowest BCUT2D eigenvalue weighted by Gasteiger charge is -2.17. The van der Waals surface area contributed by atoms with Crippen LogP contribution in [0, 0.1) is 0 Å². The first-order valence-corrected chi connectivity index (χ1v) is 12.2. The number of benzene rings is 2. The van der Waals surface area contributed by atoms with Crippen molar-refractivity contribution in [3.8, 4) is 0 Å². The zero-order chi connectivity index (χ0) is 24.7. The molecule has 0 bridgehead atoms. The molecule has 0 aliphatic carbocycles. The molecule has 0 fully saturated rings. The van der Waals surface area contributed by atoms with E-state index in [0.29, 0.717) is 5.69 Å². The number of nitrogens with one attached hydrogen (secondary N) is 3. The van der Waals surface area contributed by atoms with Crippen LogP contribution in [-0.4, -0.2) is 43.8 Å². The summed E-state index contributed by atoms with van der Waals surface area (Å²) < 4.78 is 27.7. The lowest BCUT2D eigenvalue weighted by atomic mass is 10.0. The molecule has 2 amide bonds. The number of carbonyl (C=O) groups excluding carboxylic acids is 3. The molecule has 10 nitrogen and oxygen atoms in total. The summed E-state index contributed by atoms with van der Waals surface area (Å²) in [7, 11) is -3.83. The Kier molecular flexibility index (Phi) is 8.03. The van der Waals surface area contributed by atoms with E-state index in [1.54, 1.807) is 13.1 Å². The fourth-order valence-corrected chi connectivity index (χ4v) is 3.92. The van der Waals surface area contributed by atoms with Gasteiger partial charge in [0.2, 0.25) is 21.8 Å². The maximum absolute atomic E-state index is 12.5. The highest BCUT2D eigenvalue weighted by atomic mass is 32.2. The Morgan fingerprint density at radius 3 is 2.38 bits per heavy atom. The number of amides is 2. The van der Waals surface area contributed by atoms with E-state index in [2.05, 4.69) is 15.6 Å². The monoisotopic (exact) mass is 486 g/mol. The summed E-state index contributed by atoms with van der Waals surface area (Å²) in [6, 6.07) is 12.1. The molecule has 0 radical (unpaired) electrons. The maximum Gasteiger partial charge on any atom is 0.328 e. The molecule has 2 aromatic carbocycles. The van der Waals surface area contributed by atoms with E-state index in [-0.39, 0.29) is 30.8 Å². The Labute approximate surface area is 196 Å². The van der Waals surface area contributed by atoms with Crippen LogP contribution >= 0.6 is 0 Å². The molecule has 1 aromatic heterocycles. The molecular weight excluding hydrogens is 460 g/mol. The molecule has 0 aliphatic heterocycles. The Morgan fingerprint density at radius 1 is 1.03 bits per heavy atom. The average Bonchev–Trinajstić information content (AvgIpc) is 3.20. The molecule has 0 saturated heterocycles. The lowest BCUT2D eigenvalue weighted by Crippen LogP contribution is -2.43. The fraction of sp³-hybridized carbons (Fsp3) is 0.261. The predicted octanol–water partition coefficient (Wildman–Crippen LogP) is 1.82. The van der Waals surface area contributed by atoms with E-state index in [1.165, 1.54) is 24.3 Å².